The van der Waals surface area contributed by atoms with Crippen LogP contribution in [-0.4, -0.2) is 26.3 Å². The normalized spacial score (nSPS) is 10.4. The van der Waals surface area contributed by atoms with E-state index in [9.17, 15) is 4.79 Å². The third-order valence-corrected chi connectivity index (χ3v) is 2.20. The highest BCUT2D eigenvalue weighted by Crippen LogP contribution is 2.29. The van der Waals surface area contributed by atoms with Crippen LogP contribution >= 0.6 is 0 Å². The van der Waals surface area contributed by atoms with Crippen LogP contribution < -0.4 is 14.9 Å². The van der Waals surface area contributed by atoms with E-state index in [4.69, 9.17) is 9.47 Å². The van der Waals surface area contributed by atoms with Crippen LogP contribution in [0.4, 0.5) is 0 Å². The van der Waals surface area contributed by atoms with E-state index >= 15 is 0 Å². The van der Waals surface area contributed by atoms with E-state index in [0.29, 0.717) is 11.5 Å². The number of amides is 1. The molecule has 0 radical (unpaired) electrons. The lowest BCUT2D eigenvalue weighted by Crippen LogP contribution is -2.12. The van der Waals surface area contributed by atoms with E-state index in [1.54, 1.807) is 26.5 Å². The van der Waals surface area contributed by atoms with E-state index in [0.717, 1.165) is 11.1 Å². The summed E-state index contributed by atoms with van der Waals surface area (Å²) in [6.45, 7) is 3.33. The number of methoxy groups -OCH3 is 2. The molecular weight excluding hydrogens is 220 g/mol. The molecule has 1 N–H and O–H groups in total. The second-order valence-electron chi connectivity index (χ2n) is 3.49. The van der Waals surface area contributed by atoms with Crippen molar-refractivity contribution in [3.8, 4) is 11.5 Å². The predicted octanol–water partition coefficient (Wildman–Crippen LogP) is 1.48. The van der Waals surface area contributed by atoms with Crippen LogP contribution in [-0.2, 0) is 4.79 Å². The summed E-state index contributed by atoms with van der Waals surface area (Å²) in [5, 5.41) is 3.81. The number of carbonyl (C=O) groups is 1. The minimum atomic E-state index is -0.209. The molecule has 1 aromatic rings. The molecule has 0 saturated carbocycles. The molecule has 0 fully saturated rings. The fourth-order valence-electron chi connectivity index (χ4n) is 1.33. The van der Waals surface area contributed by atoms with Crippen molar-refractivity contribution in [2.24, 2.45) is 5.10 Å². The van der Waals surface area contributed by atoms with Gasteiger partial charge in [-0.25, -0.2) is 5.43 Å². The highest BCUT2D eigenvalue weighted by Gasteiger charge is 2.06. The Bertz CT molecular complexity index is 442. The van der Waals surface area contributed by atoms with Crippen LogP contribution in [0.25, 0.3) is 0 Å². The Morgan fingerprint density at radius 3 is 2.41 bits per heavy atom. The van der Waals surface area contributed by atoms with E-state index in [1.165, 1.54) is 6.92 Å². The van der Waals surface area contributed by atoms with Gasteiger partial charge in [0.15, 0.2) is 11.5 Å². The number of hydrazone groups is 1. The van der Waals surface area contributed by atoms with Gasteiger partial charge in [0.2, 0.25) is 5.91 Å². The fourth-order valence-corrected chi connectivity index (χ4v) is 1.33. The Kier molecular flexibility index (Phi) is 4.51. The Morgan fingerprint density at radius 2 is 1.88 bits per heavy atom. The first-order valence-corrected chi connectivity index (χ1v) is 5.10. The summed E-state index contributed by atoms with van der Waals surface area (Å²) in [6.07, 6.45) is 1.57. The van der Waals surface area contributed by atoms with E-state index < -0.39 is 0 Å². The Hall–Kier alpha value is -2.04. The second-order valence-corrected chi connectivity index (χ2v) is 3.49. The Morgan fingerprint density at radius 1 is 1.29 bits per heavy atom. The standard InChI is InChI=1S/C12H16N2O3/c1-8-5-11(16-3)12(17-4)6-10(8)7-13-14-9(2)15/h5-7H,1-4H3,(H,14,15). The lowest BCUT2D eigenvalue weighted by molar-refractivity contribution is -0.118. The van der Waals surface area contributed by atoms with Crippen LogP contribution in [0.2, 0.25) is 0 Å². The largest absolute Gasteiger partial charge is 0.493 e. The molecule has 92 valence electrons. The molecule has 0 aromatic heterocycles. The van der Waals surface area contributed by atoms with E-state index in [-0.39, 0.29) is 5.91 Å². The molecule has 0 aliphatic carbocycles. The van der Waals surface area contributed by atoms with Crippen molar-refractivity contribution in [2.45, 2.75) is 13.8 Å². The second kappa shape index (κ2) is 5.89. The minimum Gasteiger partial charge on any atom is -0.493 e. The SMILES string of the molecule is COc1cc(C)c(C=NNC(C)=O)cc1OC. The van der Waals surface area contributed by atoms with Crippen molar-refractivity contribution in [3.05, 3.63) is 23.3 Å². The molecule has 0 atom stereocenters. The molecule has 0 spiro atoms. The van der Waals surface area contributed by atoms with Crippen LogP contribution in [0, 0.1) is 6.92 Å². The maximum absolute atomic E-state index is 10.7. The number of carbonyl (C=O) groups excluding carboxylic acids is 1. The van der Waals surface area contributed by atoms with Crippen molar-refractivity contribution < 1.29 is 14.3 Å². The molecule has 0 heterocycles. The highest BCUT2D eigenvalue weighted by atomic mass is 16.5. The molecular formula is C12H16N2O3. The lowest BCUT2D eigenvalue weighted by Gasteiger charge is -2.10. The quantitative estimate of drug-likeness (QED) is 0.636. The minimum absolute atomic E-state index is 0.209. The van der Waals surface area contributed by atoms with Gasteiger partial charge in [-0.2, -0.15) is 5.10 Å². The Labute approximate surface area is 100 Å². The van der Waals surface area contributed by atoms with Crippen LogP contribution in [0.3, 0.4) is 0 Å². The molecule has 17 heavy (non-hydrogen) atoms. The zero-order chi connectivity index (χ0) is 12.8. The summed E-state index contributed by atoms with van der Waals surface area (Å²) in [5.41, 5.74) is 4.19. The first kappa shape index (κ1) is 13.0. The van der Waals surface area contributed by atoms with Gasteiger partial charge in [-0.3, -0.25) is 4.79 Å². The number of nitrogens with zero attached hydrogens (tertiary/aromatic N) is 1. The maximum atomic E-state index is 10.7. The first-order valence-electron chi connectivity index (χ1n) is 5.10. The first-order chi connectivity index (χ1) is 8.08. The zero-order valence-corrected chi connectivity index (χ0v) is 10.4. The van der Waals surface area contributed by atoms with Gasteiger partial charge in [-0.05, 0) is 24.6 Å². The Balaban J connectivity index is 3.00. The van der Waals surface area contributed by atoms with Gasteiger partial charge in [0.05, 0.1) is 20.4 Å². The highest BCUT2D eigenvalue weighted by molar-refractivity contribution is 5.84. The molecule has 1 rings (SSSR count). The number of hydrogen-bond acceptors (Lipinski definition) is 4. The smallest absolute Gasteiger partial charge is 0.236 e. The number of ether oxygens (including phenoxy) is 2. The van der Waals surface area contributed by atoms with Gasteiger partial charge in [0.1, 0.15) is 0 Å². The van der Waals surface area contributed by atoms with Gasteiger partial charge in [0.25, 0.3) is 0 Å². The van der Waals surface area contributed by atoms with E-state index in [2.05, 4.69) is 10.5 Å². The average molecular weight is 236 g/mol. The topological polar surface area (TPSA) is 59.9 Å². The molecule has 5 heteroatoms. The van der Waals surface area contributed by atoms with E-state index in [1.807, 2.05) is 13.0 Å². The van der Waals surface area contributed by atoms with Gasteiger partial charge >= 0.3 is 0 Å². The molecule has 0 bridgehead atoms. The summed E-state index contributed by atoms with van der Waals surface area (Å²) < 4.78 is 10.4. The third kappa shape index (κ3) is 3.48. The van der Waals surface area contributed by atoms with Gasteiger partial charge < -0.3 is 9.47 Å². The maximum Gasteiger partial charge on any atom is 0.236 e. The van der Waals surface area contributed by atoms with Crippen molar-refractivity contribution >= 4 is 12.1 Å². The van der Waals surface area contributed by atoms with Crippen molar-refractivity contribution in [1.82, 2.24) is 5.43 Å². The van der Waals surface area contributed by atoms with Gasteiger partial charge in [-0.1, -0.05) is 0 Å². The summed E-state index contributed by atoms with van der Waals surface area (Å²) in [6, 6.07) is 3.66. The lowest BCUT2D eigenvalue weighted by atomic mass is 10.1. The molecule has 0 aliphatic heterocycles. The molecule has 1 amide bonds. The summed E-state index contributed by atoms with van der Waals surface area (Å²) in [5.74, 6) is 1.09. The number of benzene rings is 1. The van der Waals surface area contributed by atoms with Gasteiger partial charge in [0, 0.05) is 12.5 Å². The zero-order valence-electron chi connectivity index (χ0n) is 10.4. The fraction of sp³-hybridized carbons (Fsp3) is 0.333. The average Bonchev–Trinajstić information content (AvgIpc) is 2.30. The number of nitrogens with one attached hydrogen (secondary N) is 1. The van der Waals surface area contributed by atoms with Crippen LogP contribution in [0.5, 0.6) is 11.5 Å². The molecule has 1 aromatic carbocycles. The monoisotopic (exact) mass is 236 g/mol. The molecule has 0 saturated heterocycles. The summed E-state index contributed by atoms with van der Waals surface area (Å²) in [4.78, 5) is 10.7. The summed E-state index contributed by atoms with van der Waals surface area (Å²) in [7, 11) is 3.16. The third-order valence-electron chi connectivity index (χ3n) is 2.20. The molecule has 5 nitrogen and oxygen atoms in total. The van der Waals surface area contributed by atoms with Crippen molar-refractivity contribution in [3.63, 3.8) is 0 Å². The number of hydrogen-bond donors (Lipinski definition) is 1. The summed E-state index contributed by atoms with van der Waals surface area (Å²) >= 11 is 0. The van der Waals surface area contributed by atoms with Crippen molar-refractivity contribution in [1.29, 1.82) is 0 Å². The predicted molar refractivity (Wildman–Crippen MR) is 65.7 cm³/mol. The van der Waals surface area contributed by atoms with Crippen LogP contribution in [0.1, 0.15) is 18.1 Å². The molecule has 0 unspecified atom stereocenters. The van der Waals surface area contributed by atoms with Crippen molar-refractivity contribution in [2.75, 3.05) is 14.2 Å². The molecule has 0 aliphatic rings. The number of aryl methyl sites for hydroxylation is 1. The number of rotatable bonds is 4. The van der Waals surface area contributed by atoms with Crippen LogP contribution in [0.15, 0.2) is 17.2 Å². The van der Waals surface area contributed by atoms with Gasteiger partial charge in [-0.15, -0.1) is 0 Å².